The summed E-state index contributed by atoms with van der Waals surface area (Å²) in [4.78, 5) is 5.00. The van der Waals surface area contributed by atoms with Crippen molar-refractivity contribution in [2.45, 2.75) is 147 Å². The van der Waals surface area contributed by atoms with Crippen LogP contribution in [0.2, 0.25) is 0 Å². The van der Waals surface area contributed by atoms with Gasteiger partial charge in [0.25, 0.3) is 0 Å². The number of aliphatic hydroxyl groups excluding tert-OH is 2. The molecule has 3 fully saturated rings. The average molecular weight is 945 g/mol. The maximum atomic E-state index is 12.4. The second-order valence-electron chi connectivity index (χ2n) is 23.0. The van der Waals surface area contributed by atoms with E-state index in [9.17, 15) is 20.4 Å². The lowest BCUT2D eigenvalue weighted by Gasteiger charge is -2.55. The number of fused-ring (bicyclic) bond motifs is 2. The number of nitrogens with one attached hydrogen (secondary N) is 2. The topological polar surface area (TPSA) is 171 Å². The van der Waals surface area contributed by atoms with Gasteiger partial charge in [-0.2, -0.15) is 0 Å². The third-order valence-corrected chi connectivity index (χ3v) is 18.3. The van der Waals surface area contributed by atoms with Crippen LogP contribution in [0.5, 0.6) is 28.7 Å². The fraction of sp³-hybridized carbons (Fsp3) is 0.638. The lowest BCUT2D eigenvalue weighted by Crippen LogP contribution is -2.55. The lowest BCUT2D eigenvalue weighted by molar-refractivity contribution is -0.105. The average Bonchev–Trinajstić information content (AvgIpc) is 3.74. The highest BCUT2D eigenvalue weighted by atomic mass is 16.5. The first-order chi connectivity index (χ1) is 33.4. The number of benzene rings is 3. The van der Waals surface area contributed by atoms with Gasteiger partial charge in [0.15, 0.2) is 17.5 Å². The van der Waals surface area contributed by atoms with Gasteiger partial charge in [0.2, 0.25) is 0 Å². The maximum absolute atomic E-state index is 12.4. The molecule has 374 valence electrons. The molecule has 0 amide bonds. The van der Waals surface area contributed by atoms with E-state index >= 15 is 0 Å². The Morgan fingerprint density at radius 1 is 0.928 bits per heavy atom. The zero-order chi connectivity index (χ0) is 48.1. The van der Waals surface area contributed by atoms with E-state index in [1.165, 1.54) is 18.4 Å². The van der Waals surface area contributed by atoms with Gasteiger partial charge in [0.05, 0.1) is 19.3 Å². The molecule has 5 heterocycles. The molecule has 3 aromatic rings. The van der Waals surface area contributed by atoms with Gasteiger partial charge in [-0.05, 0) is 202 Å². The first-order valence-electron chi connectivity index (χ1n) is 26.8. The number of aliphatic hydroxyl groups is 2. The Bertz CT molecular complexity index is 2400. The molecule has 0 radical (unpaired) electrons. The Balaban J connectivity index is 1.07. The standard InChI is InChI=1S/C58H80N4O7/c1-6-34-21-37-11-10-36(34)22-42(63)8-7-19-61-57(59)62-31-39-12-9-35-16-18-58(17-15-33(29-58)30-60-4)54(39)56(35)69-50-26-38(13-14-46(50)64)55-48(66)27-45-49(68-55)28-51(67-5)53-44-24-41(20-32(2)3)47(65)25-40(44)23-43(37)52(45)53/h10-11,13-14,24-26,28,32-37,39,42-43,48,54-56,60,63-66H,6-9,12,15-23,27,29-31H2,1-5H3,(H3,59,61,62)/t33-,34-,35-,36+,37+,39-,42+,43-,48+,54-,55-,56-,58+/m0/s1. The largest absolute Gasteiger partial charge is 0.508 e. The van der Waals surface area contributed by atoms with Crippen molar-refractivity contribution in [2.75, 3.05) is 33.8 Å². The summed E-state index contributed by atoms with van der Waals surface area (Å²) in [6.07, 6.45) is 16.6. The Kier molecular flexibility index (Phi) is 14.0. The van der Waals surface area contributed by atoms with Gasteiger partial charge in [0, 0.05) is 42.6 Å². The summed E-state index contributed by atoms with van der Waals surface area (Å²) >= 11 is 0. The van der Waals surface area contributed by atoms with Crippen LogP contribution in [0.1, 0.15) is 138 Å². The minimum Gasteiger partial charge on any atom is -0.508 e. The van der Waals surface area contributed by atoms with Crippen LogP contribution in [0.3, 0.4) is 0 Å². The number of guanidine groups is 1. The number of hydrogen-bond donors (Lipinski definition) is 7. The molecule has 5 aliphatic carbocycles. The van der Waals surface area contributed by atoms with Crippen LogP contribution in [0, 0.1) is 52.8 Å². The van der Waals surface area contributed by atoms with E-state index in [2.05, 4.69) is 56.7 Å². The predicted octanol–water partition coefficient (Wildman–Crippen LogP) is 9.51. The summed E-state index contributed by atoms with van der Waals surface area (Å²) in [5.74, 6) is 5.50. The number of phenolic OH excluding ortho intramolecular Hbond substituents is 2. The van der Waals surface area contributed by atoms with Gasteiger partial charge in [-0.1, -0.05) is 45.4 Å². The molecule has 0 aromatic heterocycles. The van der Waals surface area contributed by atoms with Crippen molar-refractivity contribution in [2.24, 2.45) is 63.5 Å². The molecule has 3 saturated carbocycles. The number of rotatable bonds is 6. The third kappa shape index (κ3) is 9.34. The molecule has 8 N–H and O–H groups in total. The smallest absolute Gasteiger partial charge is 0.188 e. The second kappa shape index (κ2) is 20.0. The Hall–Kier alpha value is -4.45. The van der Waals surface area contributed by atoms with Crippen LogP contribution in [0.4, 0.5) is 0 Å². The Labute approximate surface area is 410 Å². The van der Waals surface area contributed by atoms with Crippen LogP contribution in [0.15, 0.2) is 53.5 Å². The van der Waals surface area contributed by atoms with Crippen molar-refractivity contribution in [3.63, 3.8) is 0 Å². The van der Waals surface area contributed by atoms with E-state index in [-0.39, 0.29) is 46.9 Å². The van der Waals surface area contributed by atoms with E-state index in [1.54, 1.807) is 13.2 Å². The number of ether oxygens (including phenoxy) is 3. The highest BCUT2D eigenvalue weighted by molar-refractivity contribution is 5.84. The number of allylic oxidation sites excluding steroid dienone is 2. The summed E-state index contributed by atoms with van der Waals surface area (Å²) < 4.78 is 20.6. The number of aromatic hydroxyl groups is 2. The first-order valence-corrected chi connectivity index (χ1v) is 26.8. The number of aliphatic imine (C=N–C) groups is 1. The van der Waals surface area contributed by atoms with Gasteiger partial charge in [-0.3, -0.25) is 4.99 Å². The van der Waals surface area contributed by atoms with Gasteiger partial charge >= 0.3 is 0 Å². The number of methoxy groups -OCH3 is 1. The minimum atomic E-state index is -0.873. The van der Waals surface area contributed by atoms with Crippen LogP contribution >= 0.6 is 0 Å². The van der Waals surface area contributed by atoms with Crippen LogP contribution < -0.4 is 30.6 Å². The summed E-state index contributed by atoms with van der Waals surface area (Å²) in [6, 6.07) is 11.7. The molecule has 12 bridgehead atoms. The van der Waals surface area contributed by atoms with Gasteiger partial charge in [0.1, 0.15) is 29.5 Å². The molecule has 0 unspecified atom stereocenters. The number of nitrogens with zero attached hydrogens (tertiary/aromatic N) is 1. The van der Waals surface area contributed by atoms with Crippen LogP contribution in [-0.4, -0.2) is 78.5 Å². The monoisotopic (exact) mass is 945 g/mol. The third-order valence-electron chi connectivity index (χ3n) is 18.3. The van der Waals surface area contributed by atoms with Crippen molar-refractivity contribution in [3.8, 4) is 39.9 Å². The summed E-state index contributed by atoms with van der Waals surface area (Å²) in [7, 11) is 3.78. The molecule has 11 heteroatoms. The van der Waals surface area contributed by atoms with Crippen molar-refractivity contribution < 1.29 is 34.6 Å². The van der Waals surface area contributed by atoms with E-state index in [4.69, 9.17) is 24.9 Å². The molecule has 10 aliphatic rings. The van der Waals surface area contributed by atoms with Crippen molar-refractivity contribution in [1.29, 1.82) is 0 Å². The Morgan fingerprint density at radius 2 is 1.74 bits per heavy atom. The van der Waals surface area contributed by atoms with Crippen molar-refractivity contribution in [3.05, 3.63) is 76.4 Å². The lowest BCUT2D eigenvalue weighted by atomic mass is 9.52. The number of phenols is 2. The second-order valence-corrected chi connectivity index (χ2v) is 23.0. The highest BCUT2D eigenvalue weighted by Gasteiger charge is 2.58. The van der Waals surface area contributed by atoms with E-state index < -0.39 is 18.3 Å². The minimum absolute atomic E-state index is 0.0381. The molecule has 69 heavy (non-hydrogen) atoms. The summed E-state index contributed by atoms with van der Waals surface area (Å²) in [5, 5.41) is 53.8. The Morgan fingerprint density at radius 3 is 2.54 bits per heavy atom. The highest BCUT2D eigenvalue weighted by Crippen LogP contribution is 2.62. The number of nitrogens with two attached hydrogens (primary N) is 1. The molecule has 3 aromatic carbocycles. The first kappa shape index (κ1) is 48.2. The zero-order valence-corrected chi connectivity index (χ0v) is 41.9. The number of hydrogen-bond acceptors (Lipinski definition) is 11. The molecule has 5 aliphatic heterocycles. The SMILES string of the molecule is CC[C@H]1C[C@H]2C=C[C@@H]1C[C@H](O)CCCNC(N)=NC[C@@H]1CC[C@H]3CC[C@@]4(CC[C@H](CNC)C4)[C@@H]1[C@H]3Oc1cc(ccc1O)[C@@H]1Oc3cc(OC)c4c(c3C[C@H]1O)[C@H]2Cc1cc(O)c(CC(C)C)cc1-4. The fourth-order valence-corrected chi connectivity index (χ4v) is 15.1. The molecule has 13 rings (SSSR count). The quantitative estimate of drug-likeness (QED) is 0.118. The molecule has 0 saturated heterocycles. The van der Waals surface area contributed by atoms with Crippen LogP contribution in [-0.2, 0) is 19.3 Å². The maximum Gasteiger partial charge on any atom is 0.188 e. The zero-order valence-electron chi connectivity index (χ0n) is 41.9. The van der Waals surface area contributed by atoms with E-state index in [1.807, 2.05) is 24.3 Å². The normalized spacial score (nSPS) is 34.1. The van der Waals surface area contributed by atoms with Crippen LogP contribution in [0.25, 0.3) is 11.1 Å². The van der Waals surface area contributed by atoms with Crippen molar-refractivity contribution in [1.82, 2.24) is 10.6 Å². The van der Waals surface area contributed by atoms with Crippen molar-refractivity contribution >= 4 is 5.96 Å². The van der Waals surface area contributed by atoms with E-state index in [0.717, 1.165) is 116 Å². The molecule has 11 nitrogen and oxygen atoms in total. The summed E-state index contributed by atoms with van der Waals surface area (Å²) in [5.41, 5.74) is 13.8. The molecule has 1 spiro atoms. The van der Waals surface area contributed by atoms with Gasteiger partial charge in [-0.15, -0.1) is 0 Å². The molecular formula is C58H80N4O7. The fourth-order valence-electron chi connectivity index (χ4n) is 15.1. The van der Waals surface area contributed by atoms with Gasteiger partial charge < -0.3 is 51.0 Å². The molecular weight excluding hydrogens is 865 g/mol. The summed E-state index contributed by atoms with van der Waals surface area (Å²) in [6.45, 7) is 8.91. The van der Waals surface area contributed by atoms with E-state index in [0.29, 0.717) is 72.8 Å². The van der Waals surface area contributed by atoms with Gasteiger partial charge in [-0.25, -0.2) is 0 Å². The molecule has 13 atom stereocenters. The predicted molar refractivity (Wildman–Crippen MR) is 272 cm³/mol.